The van der Waals surface area contributed by atoms with Crippen molar-refractivity contribution in [2.24, 2.45) is 0 Å². The zero-order valence-corrected chi connectivity index (χ0v) is 16.9. The normalized spacial score (nSPS) is 10.7. The molecule has 26 heavy (non-hydrogen) atoms. The summed E-state index contributed by atoms with van der Waals surface area (Å²) in [5.41, 5.74) is 3.72. The van der Waals surface area contributed by atoms with Crippen molar-refractivity contribution in [1.82, 2.24) is 4.90 Å². The molecular formula is C20H24BrN3O2. The minimum absolute atomic E-state index is 0.128. The molecule has 0 saturated carbocycles. The van der Waals surface area contributed by atoms with Crippen LogP contribution in [0.4, 0.5) is 11.4 Å². The number of aryl methyl sites for hydroxylation is 2. The van der Waals surface area contributed by atoms with Gasteiger partial charge in [0.15, 0.2) is 0 Å². The number of carbonyl (C=O) groups is 2. The highest BCUT2D eigenvalue weighted by molar-refractivity contribution is 9.10. The zero-order chi connectivity index (χ0) is 19.1. The van der Waals surface area contributed by atoms with Gasteiger partial charge in [-0.05, 0) is 59.6 Å². The molecule has 0 aliphatic heterocycles. The summed E-state index contributed by atoms with van der Waals surface area (Å²) in [4.78, 5) is 26.2. The maximum Gasteiger partial charge on any atom is 0.238 e. The number of rotatable bonds is 7. The van der Waals surface area contributed by atoms with Crippen molar-refractivity contribution in [2.45, 2.75) is 20.3 Å². The number of likely N-dealkylation sites (N-methyl/N-ethyl adjacent to an activating group) is 1. The molecule has 0 aromatic heterocycles. The Morgan fingerprint density at radius 3 is 2.31 bits per heavy atom. The van der Waals surface area contributed by atoms with E-state index >= 15 is 0 Å². The molecule has 0 fully saturated rings. The van der Waals surface area contributed by atoms with Gasteiger partial charge in [-0.1, -0.05) is 37.3 Å². The number of halogens is 1. The van der Waals surface area contributed by atoms with Crippen LogP contribution in [0.15, 0.2) is 46.9 Å². The van der Waals surface area contributed by atoms with Gasteiger partial charge < -0.3 is 10.6 Å². The van der Waals surface area contributed by atoms with E-state index in [1.807, 2.05) is 49.4 Å². The van der Waals surface area contributed by atoms with Crippen LogP contribution >= 0.6 is 15.9 Å². The summed E-state index contributed by atoms with van der Waals surface area (Å²) >= 11 is 3.40. The van der Waals surface area contributed by atoms with Gasteiger partial charge in [-0.2, -0.15) is 0 Å². The van der Waals surface area contributed by atoms with E-state index in [4.69, 9.17) is 0 Å². The molecular weight excluding hydrogens is 394 g/mol. The standard InChI is InChI=1S/C20H24BrN3O2/c1-4-15-9-7-8-14(2)20(15)23-19(26)13-24(3)12-18(25)22-17-11-6-5-10-16(17)21/h5-11H,4,12-13H2,1-3H3,(H,22,25)(H,23,26). The molecule has 0 radical (unpaired) electrons. The second-order valence-corrected chi connectivity index (χ2v) is 7.07. The second-order valence-electron chi connectivity index (χ2n) is 6.21. The molecule has 0 atom stereocenters. The first-order valence-corrected chi connectivity index (χ1v) is 9.31. The minimum atomic E-state index is -0.169. The third kappa shape index (κ3) is 5.68. The molecule has 2 rings (SSSR count). The van der Waals surface area contributed by atoms with Crippen LogP contribution in [0.5, 0.6) is 0 Å². The summed E-state index contributed by atoms with van der Waals surface area (Å²) in [6.07, 6.45) is 0.849. The van der Waals surface area contributed by atoms with Gasteiger partial charge in [0.05, 0.1) is 18.8 Å². The van der Waals surface area contributed by atoms with E-state index in [1.165, 1.54) is 0 Å². The maximum absolute atomic E-state index is 12.3. The lowest BCUT2D eigenvalue weighted by atomic mass is 10.1. The summed E-state index contributed by atoms with van der Waals surface area (Å²) in [6.45, 7) is 4.30. The quantitative estimate of drug-likeness (QED) is 0.719. The molecule has 138 valence electrons. The highest BCUT2D eigenvalue weighted by Crippen LogP contribution is 2.22. The van der Waals surface area contributed by atoms with Gasteiger partial charge in [0, 0.05) is 10.2 Å². The fraction of sp³-hybridized carbons (Fsp3) is 0.300. The molecule has 0 unspecified atom stereocenters. The highest BCUT2D eigenvalue weighted by Gasteiger charge is 2.14. The van der Waals surface area contributed by atoms with Crippen molar-refractivity contribution >= 4 is 39.1 Å². The minimum Gasteiger partial charge on any atom is -0.324 e. The van der Waals surface area contributed by atoms with Gasteiger partial charge in [0.1, 0.15) is 0 Å². The third-order valence-electron chi connectivity index (χ3n) is 3.98. The molecule has 0 saturated heterocycles. The first-order chi connectivity index (χ1) is 12.4. The van der Waals surface area contributed by atoms with Gasteiger partial charge in [0.25, 0.3) is 0 Å². The lowest BCUT2D eigenvalue weighted by molar-refractivity contribution is -0.119. The molecule has 0 spiro atoms. The van der Waals surface area contributed by atoms with Crippen LogP contribution in [-0.2, 0) is 16.0 Å². The van der Waals surface area contributed by atoms with Gasteiger partial charge in [0.2, 0.25) is 11.8 Å². The molecule has 0 aliphatic rings. The Balaban J connectivity index is 1.89. The summed E-state index contributed by atoms with van der Waals surface area (Å²) in [5.74, 6) is -0.303. The van der Waals surface area contributed by atoms with E-state index in [9.17, 15) is 9.59 Å². The van der Waals surface area contributed by atoms with Crippen molar-refractivity contribution in [3.63, 3.8) is 0 Å². The average Bonchev–Trinajstić information content (AvgIpc) is 2.58. The van der Waals surface area contributed by atoms with Crippen LogP contribution in [0.1, 0.15) is 18.1 Å². The largest absolute Gasteiger partial charge is 0.324 e. The first-order valence-electron chi connectivity index (χ1n) is 8.52. The van der Waals surface area contributed by atoms with E-state index in [2.05, 4.69) is 33.5 Å². The molecule has 2 N–H and O–H groups in total. The fourth-order valence-electron chi connectivity index (χ4n) is 2.68. The van der Waals surface area contributed by atoms with Crippen molar-refractivity contribution in [2.75, 3.05) is 30.8 Å². The molecule has 2 aromatic rings. The van der Waals surface area contributed by atoms with E-state index in [0.717, 1.165) is 27.7 Å². The van der Waals surface area contributed by atoms with Crippen LogP contribution in [0.25, 0.3) is 0 Å². The summed E-state index contributed by atoms with van der Waals surface area (Å²) in [7, 11) is 1.75. The fourth-order valence-corrected chi connectivity index (χ4v) is 3.06. The number of carbonyl (C=O) groups excluding carboxylic acids is 2. The van der Waals surface area contributed by atoms with E-state index < -0.39 is 0 Å². The lowest BCUT2D eigenvalue weighted by Crippen LogP contribution is -2.36. The van der Waals surface area contributed by atoms with Gasteiger partial charge in [-0.15, -0.1) is 0 Å². The van der Waals surface area contributed by atoms with E-state index in [1.54, 1.807) is 11.9 Å². The highest BCUT2D eigenvalue weighted by atomic mass is 79.9. The second kappa shape index (κ2) is 9.50. The summed E-state index contributed by atoms with van der Waals surface area (Å²) in [5, 5.41) is 5.81. The first kappa shape index (κ1) is 20.1. The Labute approximate surface area is 162 Å². The van der Waals surface area contributed by atoms with E-state index in [-0.39, 0.29) is 24.9 Å². The van der Waals surface area contributed by atoms with Gasteiger partial charge in [-0.3, -0.25) is 14.5 Å². The van der Waals surface area contributed by atoms with Crippen LogP contribution in [-0.4, -0.2) is 36.9 Å². The predicted molar refractivity (Wildman–Crippen MR) is 109 cm³/mol. The van der Waals surface area contributed by atoms with Gasteiger partial charge >= 0.3 is 0 Å². The number of nitrogens with zero attached hydrogens (tertiary/aromatic N) is 1. The number of hydrogen-bond donors (Lipinski definition) is 2. The Hall–Kier alpha value is -2.18. The van der Waals surface area contributed by atoms with Crippen molar-refractivity contribution in [3.05, 3.63) is 58.1 Å². The number of hydrogen-bond acceptors (Lipinski definition) is 3. The molecule has 2 aromatic carbocycles. The zero-order valence-electron chi connectivity index (χ0n) is 15.3. The van der Waals surface area contributed by atoms with Crippen LogP contribution in [0.3, 0.4) is 0 Å². The number of nitrogens with one attached hydrogen (secondary N) is 2. The maximum atomic E-state index is 12.3. The van der Waals surface area contributed by atoms with Crippen LogP contribution in [0, 0.1) is 6.92 Å². The molecule has 6 heteroatoms. The summed E-state index contributed by atoms with van der Waals surface area (Å²) < 4.78 is 0.820. The van der Waals surface area contributed by atoms with Crippen molar-refractivity contribution < 1.29 is 9.59 Å². The summed E-state index contributed by atoms with van der Waals surface area (Å²) in [6, 6.07) is 13.4. The SMILES string of the molecule is CCc1cccc(C)c1NC(=O)CN(C)CC(=O)Nc1ccccc1Br. The Bertz CT molecular complexity index is 792. The Morgan fingerprint density at radius 2 is 1.65 bits per heavy atom. The van der Waals surface area contributed by atoms with Crippen molar-refractivity contribution in [1.29, 1.82) is 0 Å². The molecule has 0 aliphatic carbocycles. The number of amides is 2. The number of benzene rings is 2. The van der Waals surface area contributed by atoms with Crippen LogP contribution < -0.4 is 10.6 Å². The smallest absolute Gasteiger partial charge is 0.238 e. The number of para-hydroxylation sites is 2. The third-order valence-corrected chi connectivity index (χ3v) is 4.67. The van der Waals surface area contributed by atoms with Crippen molar-refractivity contribution in [3.8, 4) is 0 Å². The molecule has 0 bridgehead atoms. The Kier molecular flexibility index (Phi) is 7.36. The molecule has 2 amide bonds. The lowest BCUT2D eigenvalue weighted by Gasteiger charge is -2.18. The monoisotopic (exact) mass is 417 g/mol. The average molecular weight is 418 g/mol. The molecule has 5 nitrogen and oxygen atoms in total. The topological polar surface area (TPSA) is 61.4 Å². The van der Waals surface area contributed by atoms with Crippen LogP contribution in [0.2, 0.25) is 0 Å². The molecule has 0 heterocycles. The van der Waals surface area contributed by atoms with Gasteiger partial charge in [-0.25, -0.2) is 0 Å². The van der Waals surface area contributed by atoms with E-state index in [0.29, 0.717) is 5.69 Å². The number of anilines is 2. The Morgan fingerprint density at radius 1 is 1.00 bits per heavy atom. The predicted octanol–water partition coefficient (Wildman–Crippen LogP) is 3.83.